The molecule has 26 heavy (non-hydrogen) atoms. The summed E-state index contributed by atoms with van der Waals surface area (Å²) in [5.41, 5.74) is 0.694. The summed E-state index contributed by atoms with van der Waals surface area (Å²) >= 11 is 1.57. The molecule has 0 aliphatic carbocycles. The molecule has 3 heterocycles. The maximum Gasteiger partial charge on any atom is 0.227 e. The van der Waals surface area contributed by atoms with Crippen molar-refractivity contribution in [2.75, 3.05) is 6.54 Å². The number of benzene rings is 1. The van der Waals surface area contributed by atoms with Crippen LogP contribution >= 0.6 is 11.3 Å². The fourth-order valence-electron chi connectivity index (χ4n) is 3.29. The predicted octanol–water partition coefficient (Wildman–Crippen LogP) is 2.77. The molecule has 0 N–H and O–H groups in total. The number of carbonyl (C=O) groups is 1. The summed E-state index contributed by atoms with van der Waals surface area (Å²) in [5.74, 6) is 0.300. The molecule has 0 spiro atoms. The lowest BCUT2D eigenvalue weighted by Crippen LogP contribution is -2.39. The van der Waals surface area contributed by atoms with E-state index in [1.165, 1.54) is 12.1 Å². The Bertz CT molecular complexity index is 895. The molecular formula is C18H18FN5OS. The molecule has 1 aliphatic rings. The van der Waals surface area contributed by atoms with E-state index in [9.17, 15) is 9.18 Å². The average molecular weight is 371 g/mol. The number of carbonyl (C=O) groups excluding carboxylic acids is 1. The zero-order valence-corrected chi connectivity index (χ0v) is 14.9. The number of hydrogen-bond acceptors (Lipinski definition) is 5. The van der Waals surface area contributed by atoms with Gasteiger partial charge in [0.25, 0.3) is 0 Å². The summed E-state index contributed by atoms with van der Waals surface area (Å²) in [7, 11) is 0. The van der Waals surface area contributed by atoms with E-state index in [1.54, 1.807) is 28.3 Å². The van der Waals surface area contributed by atoms with Gasteiger partial charge in [0.15, 0.2) is 0 Å². The molecule has 0 radical (unpaired) electrons. The van der Waals surface area contributed by atoms with Crippen LogP contribution in [0.5, 0.6) is 0 Å². The van der Waals surface area contributed by atoms with Gasteiger partial charge >= 0.3 is 0 Å². The first-order valence-corrected chi connectivity index (χ1v) is 9.42. The molecule has 134 valence electrons. The highest BCUT2D eigenvalue weighted by Crippen LogP contribution is 2.22. The molecule has 1 fully saturated rings. The lowest BCUT2D eigenvalue weighted by atomic mass is 10.1. The van der Waals surface area contributed by atoms with Crippen LogP contribution in [-0.4, -0.2) is 43.6 Å². The fraction of sp³-hybridized carbons (Fsp3) is 0.333. The second-order valence-corrected chi connectivity index (χ2v) is 7.28. The standard InChI is InChI=1S/C18H18FN5OS/c19-14-5-1-4-13(10-14)11-17(25)23-8-2-6-15(23)12-24-21-18(20-22-24)16-7-3-9-26-16/h1,3-5,7,9-10,15H,2,6,8,11-12H2/t15-/m1/s1. The molecule has 8 heteroatoms. The Morgan fingerprint density at radius 2 is 2.23 bits per heavy atom. The molecule has 0 bridgehead atoms. The first-order valence-electron chi connectivity index (χ1n) is 8.54. The van der Waals surface area contributed by atoms with Crippen molar-refractivity contribution in [3.8, 4) is 10.7 Å². The van der Waals surface area contributed by atoms with Crippen LogP contribution in [0, 0.1) is 5.82 Å². The minimum absolute atomic E-state index is 0.0108. The van der Waals surface area contributed by atoms with Crippen molar-refractivity contribution in [3.63, 3.8) is 0 Å². The zero-order valence-electron chi connectivity index (χ0n) is 14.1. The number of tetrazole rings is 1. The minimum Gasteiger partial charge on any atom is -0.337 e. The van der Waals surface area contributed by atoms with Crippen LogP contribution < -0.4 is 0 Å². The Kier molecular flexibility index (Phi) is 4.75. The topological polar surface area (TPSA) is 63.9 Å². The Morgan fingerprint density at radius 3 is 3.04 bits per heavy atom. The SMILES string of the molecule is O=C(Cc1cccc(F)c1)N1CCC[C@@H]1Cn1nnc(-c2cccs2)n1. The summed E-state index contributed by atoms with van der Waals surface area (Å²) in [5, 5.41) is 14.6. The highest BCUT2D eigenvalue weighted by Gasteiger charge is 2.29. The van der Waals surface area contributed by atoms with Crippen molar-refractivity contribution in [1.29, 1.82) is 0 Å². The largest absolute Gasteiger partial charge is 0.337 e. The smallest absolute Gasteiger partial charge is 0.227 e. The first kappa shape index (κ1) is 16.8. The van der Waals surface area contributed by atoms with E-state index in [2.05, 4.69) is 15.4 Å². The lowest BCUT2D eigenvalue weighted by molar-refractivity contribution is -0.131. The van der Waals surface area contributed by atoms with Crippen LogP contribution in [0.25, 0.3) is 10.7 Å². The molecule has 0 saturated carbocycles. The van der Waals surface area contributed by atoms with Crippen LogP contribution in [0.15, 0.2) is 41.8 Å². The number of hydrogen-bond donors (Lipinski definition) is 0. The third-order valence-corrected chi connectivity index (χ3v) is 5.38. The number of likely N-dealkylation sites (tertiary alicyclic amines) is 1. The van der Waals surface area contributed by atoms with Gasteiger partial charge in [-0.1, -0.05) is 18.2 Å². The Hall–Kier alpha value is -2.61. The van der Waals surface area contributed by atoms with Crippen molar-refractivity contribution < 1.29 is 9.18 Å². The van der Waals surface area contributed by atoms with E-state index >= 15 is 0 Å². The van der Waals surface area contributed by atoms with Gasteiger partial charge in [0.1, 0.15) is 5.82 Å². The van der Waals surface area contributed by atoms with E-state index in [1.807, 2.05) is 22.4 Å². The zero-order chi connectivity index (χ0) is 17.9. The van der Waals surface area contributed by atoms with Gasteiger partial charge in [-0.25, -0.2) is 4.39 Å². The molecule has 1 atom stereocenters. The summed E-state index contributed by atoms with van der Waals surface area (Å²) in [4.78, 5) is 17.1. The average Bonchev–Trinajstić information content (AvgIpc) is 3.37. The summed E-state index contributed by atoms with van der Waals surface area (Å²) in [6, 6.07) is 10.1. The highest BCUT2D eigenvalue weighted by molar-refractivity contribution is 7.13. The quantitative estimate of drug-likeness (QED) is 0.692. The normalized spacial score (nSPS) is 17.0. The van der Waals surface area contributed by atoms with Gasteiger partial charge in [0, 0.05) is 6.54 Å². The van der Waals surface area contributed by atoms with Crippen LogP contribution in [-0.2, 0) is 17.8 Å². The van der Waals surface area contributed by atoms with E-state index < -0.39 is 0 Å². The molecule has 1 saturated heterocycles. The van der Waals surface area contributed by atoms with E-state index in [0.717, 1.165) is 17.7 Å². The number of rotatable bonds is 5. The van der Waals surface area contributed by atoms with Crippen molar-refractivity contribution in [2.45, 2.75) is 31.8 Å². The molecule has 1 aromatic carbocycles. The highest BCUT2D eigenvalue weighted by atomic mass is 32.1. The first-order chi connectivity index (χ1) is 12.7. The maximum absolute atomic E-state index is 13.3. The van der Waals surface area contributed by atoms with Gasteiger partial charge in [-0.2, -0.15) is 4.80 Å². The minimum atomic E-state index is -0.318. The molecule has 1 aliphatic heterocycles. The summed E-state index contributed by atoms with van der Waals surface area (Å²) < 4.78 is 13.3. The maximum atomic E-state index is 13.3. The van der Waals surface area contributed by atoms with Gasteiger partial charge in [0.2, 0.25) is 11.7 Å². The van der Waals surface area contributed by atoms with Crippen molar-refractivity contribution >= 4 is 17.2 Å². The van der Waals surface area contributed by atoms with Crippen LogP contribution in [0.1, 0.15) is 18.4 Å². The van der Waals surface area contributed by atoms with Crippen molar-refractivity contribution in [2.24, 2.45) is 0 Å². The van der Waals surface area contributed by atoms with E-state index in [0.29, 0.717) is 24.5 Å². The van der Waals surface area contributed by atoms with E-state index in [4.69, 9.17) is 0 Å². The molecule has 6 nitrogen and oxygen atoms in total. The number of thiophene rings is 1. The van der Waals surface area contributed by atoms with Crippen LogP contribution in [0.4, 0.5) is 4.39 Å². The number of halogens is 1. The third kappa shape index (κ3) is 3.65. The number of aromatic nitrogens is 4. The van der Waals surface area contributed by atoms with Gasteiger partial charge in [-0.05, 0) is 47.2 Å². The monoisotopic (exact) mass is 371 g/mol. The Morgan fingerprint density at radius 1 is 1.31 bits per heavy atom. The van der Waals surface area contributed by atoms with Gasteiger partial charge in [-0.15, -0.1) is 21.5 Å². The Labute approximate surface area is 154 Å². The molecule has 0 unspecified atom stereocenters. The summed E-state index contributed by atoms with van der Waals surface area (Å²) in [6.07, 6.45) is 2.07. The second kappa shape index (κ2) is 7.33. The van der Waals surface area contributed by atoms with Crippen LogP contribution in [0.2, 0.25) is 0 Å². The van der Waals surface area contributed by atoms with Crippen molar-refractivity contribution in [1.82, 2.24) is 25.1 Å². The second-order valence-electron chi connectivity index (χ2n) is 6.34. The molecule has 1 amide bonds. The van der Waals surface area contributed by atoms with Gasteiger partial charge in [-0.3, -0.25) is 4.79 Å². The van der Waals surface area contributed by atoms with Gasteiger partial charge in [0.05, 0.1) is 23.9 Å². The Balaban J connectivity index is 1.42. The van der Waals surface area contributed by atoms with Crippen molar-refractivity contribution in [3.05, 3.63) is 53.2 Å². The third-order valence-electron chi connectivity index (χ3n) is 4.51. The fourth-order valence-corrected chi connectivity index (χ4v) is 3.94. The van der Waals surface area contributed by atoms with Crippen LogP contribution in [0.3, 0.4) is 0 Å². The molecule has 3 aromatic rings. The number of amides is 1. The summed E-state index contributed by atoms with van der Waals surface area (Å²) in [6.45, 7) is 1.23. The molecule has 2 aromatic heterocycles. The predicted molar refractivity (Wildman–Crippen MR) is 96.0 cm³/mol. The van der Waals surface area contributed by atoms with Gasteiger partial charge < -0.3 is 4.90 Å². The molecular weight excluding hydrogens is 353 g/mol. The van der Waals surface area contributed by atoms with E-state index in [-0.39, 0.29) is 24.2 Å². The lowest BCUT2D eigenvalue weighted by Gasteiger charge is -2.24. The molecule has 4 rings (SSSR count). The number of nitrogens with zero attached hydrogens (tertiary/aromatic N) is 5.